The lowest BCUT2D eigenvalue weighted by Crippen LogP contribution is -2.49. The number of ether oxygens (including phenoxy) is 1. The molecule has 0 N–H and O–H groups in total. The highest BCUT2D eigenvalue weighted by molar-refractivity contribution is 5.86. The zero-order valence-corrected chi connectivity index (χ0v) is 16.7. The second-order valence-electron chi connectivity index (χ2n) is 7.59. The van der Waals surface area contributed by atoms with E-state index in [1.165, 1.54) is 6.33 Å². The molecule has 1 saturated heterocycles. The van der Waals surface area contributed by atoms with Crippen LogP contribution < -0.4 is 9.64 Å². The number of para-hydroxylation sites is 1. The van der Waals surface area contributed by atoms with Crippen LogP contribution in [0.5, 0.6) is 5.88 Å². The van der Waals surface area contributed by atoms with Crippen LogP contribution in [0.1, 0.15) is 19.5 Å². The molecule has 29 heavy (non-hydrogen) atoms. The largest absolute Gasteiger partial charge is 0.477 e. The van der Waals surface area contributed by atoms with E-state index in [0.717, 1.165) is 11.2 Å². The van der Waals surface area contributed by atoms with Crippen LogP contribution in [0.15, 0.2) is 41.2 Å². The van der Waals surface area contributed by atoms with Crippen molar-refractivity contribution in [2.45, 2.75) is 20.3 Å². The molecule has 0 aliphatic carbocycles. The lowest BCUT2D eigenvalue weighted by atomic mass is 10.1. The van der Waals surface area contributed by atoms with Gasteiger partial charge in [-0.1, -0.05) is 31.1 Å². The molecule has 0 atom stereocenters. The van der Waals surface area contributed by atoms with Gasteiger partial charge < -0.3 is 19.1 Å². The summed E-state index contributed by atoms with van der Waals surface area (Å²) < 4.78 is 11.0. The van der Waals surface area contributed by atoms with Crippen LogP contribution in [0, 0.1) is 5.92 Å². The van der Waals surface area contributed by atoms with Crippen LogP contribution in [-0.4, -0.2) is 58.7 Å². The van der Waals surface area contributed by atoms with Gasteiger partial charge in [0.05, 0.1) is 13.0 Å². The molecule has 0 bridgehead atoms. The normalized spacial score (nSPS) is 14.6. The van der Waals surface area contributed by atoms with Crippen molar-refractivity contribution in [3.63, 3.8) is 0 Å². The number of carbonyl (C=O) groups excluding carboxylic acids is 1. The molecule has 2 aromatic heterocycles. The summed E-state index contributed by atoms with van der Waals surface area (Å²) in [6.07, 6.45) is 1.77. The summed E-state index contributed by atoms with van der Waals surface area (Å²) in [5.74, 6) is 1.91. The zero-order chi connectivity index (χ0) is 20.2. The predicted octanol–water partition coefficient (Wildman–Crippen LogP) is 2.54. The monoisotopic (exact) mass is 395 g/mol. The maximum atomic E-state index is 12.7. The van der Waals surface area contributed by atoms with E-state index >= 15 is 0 Å². The number of hydrogen-bond donors (Lipinski definition) is 0. The molecule has 1 amide bonds. The van der Waals surface area contributed by atoms with Crippen molar-refractivity contribution in [1.82, 2.24) is 20.0 Å². The highest BCUT2D eigenvalue weighted by Crippen LogP contribution is 2.21. The van der Waals surface area contributed by atoms with E-state index in [1.54, 1.807) is 0 Å². The molecule has 1 aliphatic rings. The minimum absolute atomic E-state index is 0.0624. The van der Waals surface area contributed by atoms with E-state index in [0.29, 0.717) is 55.9 Å². The predicted molar refractivity (Wildman–Crippen MR) is 109 cm³/mol. The number of benzene rings is 1. The summed E-state index contributed by atoms with van der Waals surface area (Å²) in [6.45, 7) is 7.52. The van der Waals surface area contributed by atoms with E-state index < -0.39 is 0 Å². The maximum Gasteiger partial charge on any atom is 0.228 e. The van der Waals surface area contributed by atoms with Crippen molar-refractivity contribution in [1.29, 1.82) is 0 Å². The highest BCUT2D eigenvalue weighted by Gasteiger charge is 2.24. The van der Waals surface area contributed by atoms with Gasteiger partial charge in [0.25, 0.3) is 0 Å². The van der Waals surface area contributed by atoms with Gasteiger partial charge in [-0.2, -0.15) is 0 Å². The Kier molecular flexibility index (Phi) is 5.59. The summed E-state index contributed by atoms with van der Waals surface area (Å²) >= 11 is 0. The third-order valence-corrected chi connectivity index (χ3v) is 4.92. The molecule has 3 aromatic rings. The highest BCUT2D eigenvalue weighted by atomic mass is 16.5. The first-order valence-electron chi connectivity index (χ1n) is 9.91. The Hall–Kier alpha value is -3.16. The fourth-order valence-electron chi connectivity index (χ4n) is 3.34. The summed E-state index contributed by atoms with van der Waals surface area (Å²) in [5.41, 5.74) is 1.40. The molecule has 0 radical (unpaired) electrons. The Morgan fingerprint density at radius 3 is 2.76 bits per heavy atom. The standard InChI is InChI=1S/C21H25N5O3/c1-15(2)13-28-20-12-19(22-14-23-20)25-7-9-26(10-8-25)21(27)11-17-16-5-3-4-6-18(16)29-24-17/h3-6,12,14-15H,7-11,13H2,1-2H3. The van der Waals surface area contributed by atoms with Crippen LogP contribution in [0.2, 0.25) is 0 Å². The van der Waals surface area contributed by atoms with Crippen molar-refractivity contribution >= 4 is 22.7 Å². The first-order valence-corrected chi connectivity index (χ1v) is 9.91. The van der Waals surface area contributed by atoms with Gasteiger partial charge in [-0.15, -0.1) is 0 Å². The number of amides is 1. The lowest BCUT2D eigenvalue weighted by Gasteiger charge is -2.35. The SMILES string of the molecule is CC(C)COc1cc(N2CCN(C(=O)Cc3noc4ccccc34)CC2)ncn1. The number of fused-ring (bicyclic) bond motifs is 1. The molecule has 8 heteroatoms. The van der Waals surface area contributed by atoms with Crippen molar-refractivity contribution in [3.8, 4) is 5.88 Å². The van der Waals surface area contributed by atoms with Crippen molar-refractivity contribution in [3.05, 3.63) is 42.4 Å². The minimum atomic E-state index is 0.0624. The number of aromatic nitrogens is 3. The van der Waals surface area contributed by atoms with Crippen molar-refractivity contribution < 1.29 is 14.1 Å². The number of piperazine rings is 1. The summed E-state index contributed by atoms with van der Waals surface area (Å²) in [6, 6.07) is 9.47. The summed E-state index contributed by atoms with van der Waals surface area (Å²) in [5, 5.41) is 4.97. The van der Waals surface area contributed by atoms with Gasteiger partial charge in [-0.3, -0.25) is 4.79 Å². The van der Waals surface area contributed by atoms with Gasteiger partial charge in [0.1, 0.15) is 17.8 Å². The zero-order valence-electron chi connectivity index (χ0n) is 16.7. The fourth-order valence-corrected chi connectivity index (χ4v) is 3.34. The van der Waals surface area contributed by atoms with Gasteiger partial charge in [-0.05, 0) is 18.1 Å². The molecular weight excluding hydrogens is 370 g/mol. The first kappa shape index (κ1) is 19.2. The van der Waals surface area contributed by atoms with E-state index in [4.69, 9.17) is 9.26 Å². The van der Waals surface area contributed by atoms with Crippen LogP contribution in [-0.2, 0) is 11.2 Å². The summed E-state index contributed by atoms with van der Waals surface area (Å²) in [4.78, 5) is 25.3. The first-order chi connectivity index (χ1) is 14.1. The number of carbonyl (C=O) groups is 1. The van der Waals surface area contributed by atoms with Crippen LogP contribution in [0.25, 0.3) is 11.0 Å². The quantitative estimate of drug-likeness (QED) is 0.634. The van der Waals surface area contributed by atoms with Gasteiger partial charge in [-0.25, -0.2) is 9.97 Å². The van der Waals surface area contributed by atoms with Crippen LogP contribution in [0.4, 0.5) is 5.82 Å². The number of hydrogen-bond acceptors (Lipinski definition) is 7. The van der Waals surface area contributed by atoms with Gasteiger partial charge in [0.15, 0.2) is 5.58 Å². The van der Waals surface area contributed by atoms with Crippen LogP contribution in [0.3, 0.4) is 0 Å². The van der Waals surface area contributed by atoms with Gasteiger partial charge >= 0.3 is 0 Å². The minimum Gasteiger partial charge on any atom is -0.477 e. The molecule has 4 rings (SSSR count). The molecule has 0 spiro atoms. The molecule has 1 aliphatic heterocycles. The fraction of sp³-hybridized carbons (Fsp3) is 0.429. The molecule has 0 unspecified atom stereocenters. The number of nitrogens with zero attached hydrogens (tertiary/aromatic N) is 5. The second kappa shape index (κ2) is 8.46. The maximum absolute atomic E-state index is 12.7. The van der Waals surface area contributed by atoms with Crippen molar-refractivity contribution in [2.75, 3.05) is 37.7 Å². The summed E-state index contributed by atoms with van der Waals surface area (Å²) in [7, 11) is 0. The molecular formula is C21H25N5O3. The van der Waals surface area contributed by atoms with Crippen LogP contribution >= 0.6 is 0 Å². The van der Waals surface area contributed by atoms with Gasteiger partial charge in [0, 0.05) is 37.6 Å². The molecule has 8 nitrogen and oxygen atoms in total. The lowest BCUT2D eigenvalue weighted by molar-refractivity contribution is -0.130. The number of rotatable bonds is 6. The average molecular weight is 395 g/mol. The van der Waals surface area contributed by atoms with E-state index in [-0.39, 0.29) is 12.3 Å². The second-order valence-corrected chi connectivity index (χ2v) is 7.59. The van der Waals surface area contributed by atoms with E-state index in [2.05, 4.69) is 33.9 Å². The number of anilines is 1. The third-order valence-electron chi connectivity index (χ3n) is 4.92. The Morgan fingerprint density at radius 1 is 1.17 bits per heavy atom. The molecule has 3 heterocycles. The Balaban J connectivity index is 1.34. The molecule has 0 saturated carbocycles. The molecule has 1 aromatic carbocycles. The Labute approximate surface area is 169 Å². The molecule has 1 fully saturated rings. The Morgan fingerprint density at radius 2 is 1.97 bits per heavy atom. The smallest absolute Gasteiger partial charge is 0.228 e. The topological polar surface area (TPSA) is 84.6 Å². The Bertz CT molecular complexity index is 979. The van der Waals surface area contributed by atoms with Crippen molar-refractivity contribution in [2.24, 2.45) is 5.92 Å². The molecule has 152 valence electrons. The van der Waals surface area contributed by atoms with E-state index in [1.807, 2.05) is 35.2 Å². The van der Waals surface area contributed by atoms with Gasteiger partial charge in [0.2, 0.25) is 11.8 Å². The van der Waals surface area contributed by atoms with E-state index in [9.17, 15) is 4.79 Å². The third kappa shape index (κ3) is 4.47. The average Bonchev–Trinajstić information content (AvgIpc) is 3.15.